The Morgan fingerprint density at radius 2 is 1.00 bits per heavy atom. The van der Waals surface area contributed by atoms with Gasteiger partial charge in [0, 0.05) is 43.4 Å². The van der Waals surface area contributed by atoms with Crippen LogP contribution in [0, 0.1) is 0 Å². The van der Waals surface area contributed by atoms with Crippen molar-refractivity contribution in [2.45, 2.75) is 52.4 Å². The zero-order valence-electron chi connectivity index (χ0n) is 19.0. The van der Waals surface area contributed by atoms with Crippen molar-refractivity contribution >= 4 is 65.7 Å². The molecule has 0 saturated carbocycles. The number of nitrogens with one attached hydrogen (secondary N) is 2. The van der Waals surface area contributed by atoms with E-state index >= 15 is 0 Å². The molecule has 0 radical (unpaired) electrons. The van der Waals surface area contributed by atoms with Gasteiger partial charge in [0.25, 0.3) is 0 Å². The second-order valence-electron chi connectivity index (χ2n) is 11.0. The molecule has 3 aromatic heterocycles. The number of H-pyrrole nitrogens is 2. The summed E-state index contributed by atoms with van der Waals surface area (Å²) in [5.74, 6) is 0. The van der Waals surface area contributed by atoms with Crippen molar-refractivity contribution in [1.82, 2.24) is 9.97 Å². The molecule has 3 aromatic carbocycles. The molecule has 2 N–H and O–H groups in total. The molecular weight excluding hydrogens is 396 g/mol. The van der Waals surface area contributed by atoms with E-state index in [0.29, 0.717) is 0 Å². The van der Waals surface area contributed by atoms with E-state index in [2.05, 4.69) is 98.7 Å². The van der Waals surface area contributed by atoms with Crippen LogP contribution in [0.3, 0.4) is 0 Å². The molecule has 0 amide bonds. The highest BCUT2D eigenvalue weighted by molar-refractivity contribution is 7.09. The van der Waals surface area contributed by atoms with Gasteiger partial charge in [-0.1, -0.05) is 65.8 Å². The van der Waals surface area contributed by atoms with Gasteiger partial charge in [0.1, 0.15) is 0 Å². The van der Waals surface area contributed by atoms with E-state index in [1.165, 1.54) is 65.5 Å². The van der Waals surface area contributed by atoms with Gasteiger partial charge >= 0.3 is 0 Å². The number of aromatic nitrogens is 2. The maximum atomic E-state index is 3.79. The van der Waals surface area contributed by atoms with E-state index in [1.807, 2.05) is 0 Å². The molecule has 6 aromatic rings. The molecule has 0 unspecified atom stereocenters. The van der Waals surface area contributed by atoms with Crippen LogP contribution in [-0.4, -0.2) is 9.97 Å². The Morgan fingerprint density at radius 1 is 0.581 bits per heavy atom. The summed E-state index contributed by atoms with van der Waals surface area (Å²) >= 11 is 1.79. The predicted octanol–water partition coefficient (Wildman–Crippen LogP) is 8.77. The highest BCUT2D eigenvalue weighted by Gasteiger charge is 2.21. The Balaban J connectivity index is 1.79. The third-order valence-corrected chi connectivity index (χ3v) is 7.52. The molecule has 3 heterocycles. The van der Waals surface area contributed by atoms with Gasteiger partial charge in [-0.2, -0.15) is 11.3 Å². The van der Waals surface area contributed by atoms with Crippen molar-refractivity contribution in [1.29, 1.82) is 0 Å². The smallest absolute Gasteiger partial charge is 0.0717 e. The number of benzene rings is 3. The molecule has 6 rings (SSSR count). The molecule has 0 aliphatic carbocycles. The van der Waals surface area contributed by atoms with Crippen molar-refractivity contribution in [2.24, 2.45) is 0 Å². The van der Waals surface area contributed by atoms with Gasteiger partial charge < -0.3 is 9.97 Å². The molecule has 0 aliphatic rings. The van der Waals surface area contributed by atoms with Gasteiger partial charge in [-0.25, -0.2) is 0 Å². The summed E-state index contributed by atoms with van der Waals surface area (Å²) in [6.45, 7) is 13.6. The van der Waals surface area contributed by atoms with Crippen LogP contribution in [0.4, 0.5) is 0 Å². The minimum absolute atomic E-state index is 0.128. The first-order valence-corrected chi connectivity index (χ1v) is 12.0. The molecule has 0 spiro atoms. The van der Waals surface area contributed by atoms with Crippen molar-refractivity contribution in [3.63, 3.8) is 0 Å². The third-order valence-electron chi connectivity index (χ3n) is 6.78. The Bertz CT molecular complexity index is 1520. The lowest BCUT2D eigenvalue weighted by Gasteiger charge is -2.18. The second-order valence-corrected chi connectivity index (χ2v) is 11.7. The fourth-order valence-electron chi connectivity index (χ4n) is 4.95. The van der Waals surface area contributed by atoms with Gasteiger partial charge in [0.15, 0.2) is 0 Å². The molecule has 0 saturated heterocycles. The van der Waals surface area contributed by atoms with E-state index in [-0.39, 0.29) is 10.8 Å². The van der Waals surface area contributed by atoms with Crippen LogP contribution in [0.25, 0.3) is 54.4 Å². The Kier molecular flexibility index (Phi) is 3.62. The van der Waals surface area contributed by atoms with E-state index in [1.54, 1.807) is 11.3 Å². The summed E-state index contributed by atoms with van der Waals surface area (Å²) in [6.07, 6.45) is 0. The SMILES string of the molecule is CC(C)(C)c1ccc2c(c1)[nH]c1c3[nH]c4cc(C(C)(C)C)ccc4c3c3cscc3c21. The number of thiophene rings is 1. The van der Waals surface area contributed by atoms with Crippen LogP contribution in [0.2, 0.25) is 0 Å². The highest BCUT2D eigenvalue weighted by atomic mass is 32.1. The van der Waals surface area contributed by atoms with Gasteiger partial charge in [0.2, 0.25) is 0 Å². The first-order chi connectivity index (χ1) is 14.6. The molecule has 156 valence electrons. The molecule has 0 aliphatic heterocycles. The van der Waals surface area contributed by atoms with E-state index in [0.717, 1.165) is 0 Å². The lowest BCUT2D eigenvalue weighted by Crippen LogP contribution is -2.10. The zero-order valence-corrected chi connectivity index (χ0v) is 19.8. The number of hydrogen-bond donors (Lipinski definition) is 2. The van der Waals surface area contributed by atoms with Crippen LogP contribution in [0.1, 0.15) is 52.7 Å². The maximum Gasteiger partial charge on any atom is 0.0717 e. The minimum Gasteiger partial charge on any atom is -0.353 e. The lowest BCUT2D eigenvalue weighted by molar-refractivity contribution is 0.591. The molecule has 3 heteroatoms. The second kappa shape index (κ2) is 5.92. The standard InChI is InChI=1S/C28H28N2S/c1-27(2,3)15-7-9-17-21(11-15)29-25-23(17)19-13-31-14-20(19)24-18-10-8-16(28(4,5)6)12-22(18)30-26(24)25/h7-14,29-30H,1-6H3. The highest BCUT2D eigenvalue weighted by Crippen LogP contribution is 2.44. The third kappa shape index (κ3) is 2.62. The number of rotatable bonds is 0. The average Bonchev–Trinajstić information content (AvgIpc) is 3.39. The first kappa shape index (κ1) is 18.9. The van der Waals surface area contributed by atoms with Gasteiger partial charge in [0.05, 0.1) is 11.0 Å². The van der Waals surface area contributed by atoms with Crippen LogP contribution in [-0.2, 0) is 10.8 Å². The van der Waals surface area contributed by atoms with Gasteiger partial charge in [-0.3, -0.25) is 0 Å². The fraction of sp³-hybridized carbons (Fsp3) is 0.286. The molecule has 31 heavy (non-hydrogen) atoms. The van der Waals surface area contributed by atoms with Crippen molar-refractivity contribution in [3.8, 4) is 0 Å². The predicted molar refractivity (Wildman–Crippen MR) is 138 cm³/mol. The average molecular weight is 425 g/mol. The van der Waals surface area contributed by atoms with E-state index in [4.69, 9.17) is 0 Å². The molecule has 0 atom stereocenters. The molecule has 0 bridgehead atoms. The zero-order chi connectivity index (χ0) is 21.7. The Hall–Kier alpha value is -2.78. The normalized spacial score (nSPS) is 13.5. The lowest BCUT2D eigenvalue weighted by atomic mass is 9.86. The topological polar surface area (TPSA) is 31.6 Å². The fourth-order valence-corrected chi connectivity index (χ4v) is 5.78. The molecular formula is C28H28N2S. The molecule has 2 nitrogen and oxygen atoms in total. The van der Waals surface area contributed by atoms with Crippen molar-refractivity contribution < 1.29 is 0 Å². The maximum absolute atomic E-state index is 3.79. The minimum atomic E-state index is 0.128. The Labute approximate surface area is 186 Å². The summed E-state index contributed by atoms with van der Waals surface area (Å²) in [7, 11) is 0. The van der Waals surface area contributed by atoms with Crippen LogP contribution >= 0.6 is 11.3 Å². The number of hydrogen-bond acceptors (Lipinski definition) is 1. The van der Waals surface area contributed by atoms with Crippen LogP contribution < -0.4 is 0 Å². The summed E-state index contributed by atoms with van der Waals surface area (Å²) in [5.41, 5.74) is 7.84. The van der Waals surface area contributed by atoms with Gasteiger partial charge in [-0.15, -0.1) is 0 Å². The number of fused-ring (bicyclic) bond motifs is 10. The summed E-state index contributed by atoms with van der Waals surface area (Å²) in [6, 6.07) is 13.9. The van der Waals surface area contributed by atoms with E-state index in [9.17, 15) is 0 Å². The summed E-state index contributed by atoms with van der Waals surface area (Å²) < 4.78 is 0. The quantitative estimate of drug-likeness (QED) is 0.244. The Morgan fingerprint density at radius 3 is 1.39 bits per heavy atom. The van der Waals surface area contributed by atoms with E-state index < -0.39 is 0 Å². The first-order valence-electron chi connectivity index (χ1n) is 11.0. The van der Waals surface area contributed by atoms with Crippen LogP contribution in [0.15, 0.2) is 47.2 Å². The largest absolute Gasteiger partial charge is 0.353 e. The van der Waals surface area contributed by atoms with Gasteiger partial charge in [-0.05, 0) is 44.8 Å². The van der Waals surface area contributed by atoms with Crippen molar-refractivity contribution in [2.75, 3.05) is 0 Å². The van der Waals surface area contributed by atoms with Crippen LogP contribution in [0.5, 0.6) is 0 Å². The monoisotopic (exact) mass is 424 g/mol. The van der Waals surface area contributed by atoms with Crippen molar-refractivity contribution in [3.05, 3.63) is 58.3 Å². The molecule has 0 fully saturated rings. The summed E-state index contributed by atoms with van der Waals surface area (Å²) in [5, 5.41) is 12.6. The summed E-state index contributed by atoms with van der Waals surface area (Å²) in [4.78, 5) is 7.59. The number of aromatic amines is 2.